The summed E-state index contributed by atoms with van der Waals surface area (Å²) in [5.41, 5.74) is 0. The molecule has 2 atom stereocenters. The zero-order chi connectivity index (χ0) is 11.0. The summed E-state index contributed by atoms with van der Waals surface area (Å²) in [7, 11) is -1.63. The van der Waals surface area contributed by atoms with Crippen LogP contribution in [0.25, 0.3) is 0 Å². The molecule has 4 heteroatoms. The molecule has 1 saturated heterocycles. The van der Waals surface area contributed by atoms with Gasteiger partial charge in [0.15, 0.2) is 8.32 Å². The second kappa shape index (κ2) is 3.93. The Morgan fingerprint density at radius 2 is 1.86 bits per heavy atom. The van der Waals surface area contributed by atoms with Crippen LogP contribution in [0.3, 0.4) is 0 Å². The molecule has 0 unspecified atom stereocenters. The summed E-state index contributed by atoms with van der Waals surface area (Å²) >= 11 is 0. The molecule has 0 spiro atoms. The van der Waals surface area contributed by atoms with E-state index in [0.29, 0.717) is 6.61 Å². The third-order valence-corrected chi connectivity index (χ3v) is 7.78. The van der Waals surface area contributed by atoms with Crippen LogP contribution in [0.4, 0.5) is 0 Å². The quantitative estimate of drug-likeness (QED) is 0.577. The molecule has 1 fully saturated rings. The molecule has 0 amide bonds. The highest BCUT2D eigenvalue weighted by Crippen LogP contribution is 2.37. The van der Waals surface area contributed by atoms with Crippen molar-refractivity contribution in [2.75, 3.05) is 13.2 Å². The maximum absolute atomic E-state index is 8.80. The lowest BCUT2D eigenvalue weighted by atomic mass is 10.2. The molecule has 0 saturated carbocycles. The van der Waals surface area contributed by atoms with E-state index in [0.717, 1.165) is 0 Å². The summed E-state index contributed by atoms with van der Waals surface area (Å²) in [4.78, 5) is 0. The summed E-state index contributed by atoms with van der Waals surface area (Å²) in [5, 5.41) is 9.04. The van der Waals surface area contributed by atoms with Gasteiger partial charge in [-0.25, -0.2) is 0 Å². The van der Waals surface area contributed by atoms with Crippen LogP contribution in [0.5, 0.6) is 0 Å². The Balaban J connectivity index is 2.31. The maximum atomic E-state index is 8.80. The molecule has 0 radical (unpaired) electrons. The average molecular weight is 218 g/mol. The second-order valence-corrected chi connectivity index (χ2v) is 10.3. The zero-order valence-electron chi connectivity index (χ0n) is 9.83. The molecule has 0 aliphatic carbocycles. The molecule has 1 heterocycles. The number of rotatable bonds is 4. The highest BCUT2D eigenvalue weighted by molar-refractivity contribution is 6.74. The molecule has 0 aromatic heterocycles. The smallest absolute Gasteiger partial charge is 0.192 e. The van der Waals surface area contributed by atoms with Crippen LogP contribution in [0, 0.1) is 0 Å². The predicted molar refractivity (Wildman–Crippen MR) is 58.9 cm³/mol. The minimum Gasteiger partial charge on any atom is -0.414 e. The van der Waals surface area contributed by atoms with Gasteiger partial charge in [0.05, 0.1) is 13.2 Å². The topological polar surface area (TPSA) is 42.0 Å². The van der Waals surface area contributed by atoms with Gasteiger partial charge in [-0.05, 0) is 18.1 Å². The Morgan fingerprint density at radius 1 is 1.29 bits per heavy atom. The first-order valence-electron chi connectivity index (χ1n) is 5.18. The van der Waals surface area contributed by atoms with E-state index in [-0.39, 0.29) is 23.9 Å². The molecule has 1 N–H and O–H groups in total. The van der Waals surface area contributed by atoms with Crippen LogP contribution < -0.4 is 0 Å². The summed E-state index contributed by atoms with van der Waals surface area (Å²) in [5.74, 6) is 0. The molecule has 0 bridgehead atoms. The lowest BCUT2D eigenvalue weighted by Crippen LogP contribution is -2.41. The highest BCUT2D eigenvalue weighted by atomic mass is 28.4. The molecule has 0 aromatic carbocycles. The minimum atomic E-state index is -1.63. The molecule has 1 aliphatic rings. The lowest BCUT2D eigenvalue weighted by molar-refractivity contribution is 0.227. The van der Waals surface area contributed by atoms with Crippen LogP contribution in [-0.2, 0) is 9.16 Å². The van der Waals surface area contributed by atoms with Crippen molar-refractivity contribution in [3.05, 3.63) is 0 Å². The van der Waals surface area contributed by atoms with Gasteiger partial charge in [0.25, 0.3) is 0 Å². The van der Waals surface area contributed by atoms with E-state index < -0.39 is 8.32 Å². The summed E-state index contributed by atoms with van der Waals surface area (Å²) in [6.07, 6.45) is 0.161. The van der Waals surface area contributed by atoms with Gasteiger partial charge < -0.3 is 14.3 Å². The van der Waals surface area contributed by atoms with Crippen molar-refractivity contribution >= 4 is 8.32 Å². The van der Waals surface area contributed by atoms with Crippen molar-refractivity contribution in [1.29, 1.82) is 0 Å². The third kappa shape index (κ3) is 2.79. The summed E-state index contributed by atoms with van der Waals surface area (Å²) < 4.78 is 11.2. The first kappa shape index (κ1) is 12.2. The fourth-order valence-electron chi connectivity index (χ4n) is 0.993. The van der Waals surface area contributed by atoms with Crippen LogP contribution >= 0.6 is 0 Å². The van der Waals surface area contributed by atoms with Crippen molar-refractivity contribution in [3.8, 4) is 0 Å². The van der Waals surface area contributed by atoms with Crippen LogP contribution in [-0.4, -0.2) is 38.8 Å². The zero-order valence-corrected chi connectivity index (χ0v) is 10.8. The highest BCUT2D eigenvalue weighted by Gasteiger charge is 2.43. The van der Waals surface area contributed by atoms with Gasteiger partial charge >= 0.3 is 0 Å². The van der Waals surface area contributed by atoms with Crippen molar-refractivity contribution in [2.24, 2.45) is 0 Å². The van der Waals surface area contributed by atoms with Gasteiger partial charge in [-0.15, -0.1) is 0 Å². The number of hydrogen-bond acceptors (Lipinski definition) is 3. The number of aliphatic hydroxyl groups is 1. The standard InChI is InChI=1S/C10H22O3Si/c1-10(2,3)14(4,5)12-7-9-8(6-11)13-9/h8-9,11H,6-7H2,1-5H3/t8-,9-/m1/s1. The first-order valence-corrected chi connectivity index (χ1v) is 8.09. The molecule has 1 aliphatic heterocycles. The van der Waals surface area contributed by atoms with E-state index in [1.807, 2.05) is 0 Å². The Morgan fingerprint density at radius 3 is 2.21 bits per heavy atom. The van der Waals surface area contributed by atoms with E-state index >= 15 is 0 Å². The fourth-order valence-corrected chi connectivity index (χ4v) is 2.01. The van der Waals surface area contributed by atoms with E-state index in [2.05, 4.69) is 33.9 Å². The van der Waals surface area contributed by atoms with Crippen molar-refractivity contribution in [3.63, 3.8) is 0 Å². The molecule has 14 heavy (non-hydrogen) atoms. The van der Waals surface area contributed by atoms with Crippen molar-refractivity contribution in [2.45, 2.75) is 51.1 Å². The van der Waals surface area contributed by atoms with E-state index in [1.54, 1.807) is 0 Å². The summed E-state index contributed by atoms with van der Waals surface area (Å²) in [6.45, 7) is 11.9. The largest absolute Gasteiger partial charge is 0.414 e. The Kier molecular flexibility index (Phi) is 3.41. The SMILES string of the molecule is CC(C)(C)[Si](C)(C)OC[C@H]1O[C@@H]1CO. The number of ether oxygens (including phenoxy) is 1. The fraction of sp³-hybridized carbons (Fsp3) is 1.00. The summed E-state index contributed by atoms with van der Waals surface area (Å²) in [6, 6.07) is 0. The van der Waals surface area contributed by atoms with Gasteiger partial charge in [0.1, 0.15) is 12.2 Å². The van der Waals surface area contributed by atoms with Gasteiger partial charge in [0.2, 0.25) is 0 Å². The van der Waals surface area contributed by atoms with Crippen molar-refractivity contribution in [1.82, 2.24) is 0 Å². The van der Waals surface area contributed by atoms with E-state index in [4.69, 9.17) is 14.3 Å². The molecular weight excluding hydrogens is 196 g/mol. The predicted octanol–water partition coefficient (Wildman–Crippen LogP) is 1.77. The monoisotopic (exact) mass is 218 g/mol. The van der Waals surface area contributed by atoms with Crippen molar-refractivity contribution < 1.29 is 14.3 Å². The number of epoxide rings is 1. The number of hydrogen-bond donors (Lipinski definition) is 1. The maximum Gasteiger partial charge on any atom is 0.192 e. The number of aliphatic hydroxyl groups excluding tert-OH is 1. The van der Waals surface area contributed by atoms with E-state index in [1.165, 1.54) is 0 Å². The van der Waals surface area contributed by atoms with Crippen LogP contribution in [0.2, 0.25) is 18.1 Å². The third-order valence-electron chi connectivity index (χ3n) is 3.28. The first-order chi connectivity index (χ1) is 6.28. The Hall–Kier alpha value is 0.0969. The van der Waals surface area contributed by atoms with Crippen LogP contribution in [0.15, 0.2) is 0 Å². The molecular formula is C10H22O3Si. The van der Waals surface area contributed by atoms with Gasteiger partial charge in [-0.3, -0.25) is 0 Å². The Labute approximate surface area is 87.5 Å². The van der Waals surface area contributed by atoms with Gasteiger partial charge in [-0.1, -0.05) is 20.8 Å². The van der Waals surface area contributed by atoms with Gasteiger partial charge in [-0.2, -0.15) is 0 Å². The molecule has 1 rings (SSSR count). The second-order valence-electron chi connectivity index (χ2n) is 5.47. The van der Waals surface area contributed by atoms with E-state index in [9.17, 15) is 0 Å². The van der Waals surface area contributed by atoms with Gasteiger partial charge in [0, 0.05) is 0 Å². The Bertz CT molecular complexity index is 198. The molecule has 0 aromatic rings. The lowest BCUT2D eigenvalue weighted by Gasteiger charge is -2.35. The van der Waals surface area contributed by atoms with Crippen LogP contribution in [0.1, 0.15) is 20.8 Å². The molecule has 84 valence electrons. The normalized spacial score (nSPS) is 27.9. The minimum absolute atomic E-state index is 0.0276. The molecule has 3 nitrogen and oxygen atoms in total. The average Bonchev–Trinajstić information content (AvgIpc) is 2.77.